The molecule has 0 aliphatic carbocycles. The van der Waals surface area contributed by atoms with Crippen molar-refractivity contribution in [3.8, 4) is 11.5 Å². The monoisotopic (exact) mass is 374 g/mol. The molecule has 0 spiro atoms. The van der Waals surface area contributed by atoms with E-state index in [1.165, 1.54) is 0 Å². The number of hydrogen-bond donors (Lipinski definition) is 2. The van der Waals surface area contributed by atoms with Gasteiger partial charge in [0.2, 0.25) is 5.91 Å². The molecule has 5 nitrogen and oxygen atoms in total. The molecule has 3 unspecified atom stereocenters. The zero-order chi connectivity index (χ0) is 18.5. The van der Waals surface area contributed by atoms with Crippen LogP contribution in [0, 0.1) is 0 Å². The van der Waals surface area contributed by atoms with Crippen LogP contribution in [0.3, 0.4) is 0 Å². The van der Waals surface area contributed by atoms with Gasteiger partial charge in [-0.15, -0.1) is 0 Å². The van der Waals surface area contributed by atoms with E-state index in [1.807, 2.05) is 62.4 Å². The molecule has 26 heavy (non-hydrogen) atoms. The zero-order valence-corrected chi connectivity index (χ0v) is 15.6. The second kappa shape index (κ2) is 8.43. The predicted octanol–water partition coefficient (Wildman–Crippen LogP) is 3.34. The van der Waals surface area contributed by atoms with Crippen molar-refractivity contribution >= 4 is 17.5 Å². The van der Waals surface area contributed by atoms with Crippen molar-refractivity contribution in [2.24, 2.45) is 0 Å². The topological polar surface area (TPSA) is 59.6 Å². The summed E-state index contributed by atoms with van der Waals surface area (Å²) in [5, 5.41) is 6.89. The average Bonchev–Trinajstić information content (AvgIpc) is 2.65. The van der Waals surface area contributed by atoms with E-state index in [0.717, 1.165) is 11.3 Å². The number of carbonyl (C=O) groups excluding carboxylic acids is 1. The molecule has 0 aromatic heterocycles. The second-order valence-corrected chi connectivity index (χ2v) is 6.84. The molecule has 1 aliphatic rings. The number of ether oxygens (including phenoxy) is 2. The van der Waals surface area contributed by atoms with Crippen molar-refractivity contribution in [3.05, 3.63) is 59.1 Å². The van der Waals surface area contributed by atoms with Crippen molar-refractivity contribution in [1.82, 2.24) is 10.6 Å². The first-order chi connectivity index (χ1) is 12.5. The Morgan fingerprint density at radius 1 is 1.19 bits per heavy atom. The number of nitrogens with one attached hydrogen (secondary N) is 2. The Bertz CT molecular complexity index is 768. The summed E-state index contributed by atoms with van der Waals surface area (Å²) in [7, 11) is 0. The Morgan fingerprint density at radius 3 is 2.73 bits per heavy atom. The van der Waals surface area contributed by atoms with Gasteiger partial charge in [-0.2, -0.15) is 0 Å². The first-order valence-electron chi connectivity index (χ1n) is 8.70. The largest absolute Gasteiger partial charge is 0.486 e. The van der Waals surface area contributed by atoms with Gasteiger partial charge in [-0.3, -0.25) is 10.1 Å². The Labute approximate surface area is 158 Å². The summed E-state index contributed by atoms with van der Waals surface area (Å²) in [5.74, 6) is 1.36. The third-order valence-electron chi connectivity index (χ3n) is 4.31. The Balaban J connectivity index is 1.47. The van der Waals surface area contributed by atoms with Gasteiger partial charge in [0.15, 0.2) is 11.5 Å². The molecule has 3 atom stereocenters. The standard InChI is InChI=1S/C20H23ClN2O3/c1-13(15-6-5-7-16(21)10-15)23-14(2)20(24)22-11-17-12-25-18-8-3-4-9-19(18)26-17/h3-10,13-14,17,23H,11-12H2,1-2H3,(H,22,24). The Hall–Kier alpha value is -2.24. The van der Waals surface area contributed by atoms with Gasteiger partial charge in [-0.25, -0.2) is 0 Å². The highest BCUT2D eigenvalue weighted by Crippen LogP contribution is 2.30. The number of benzene rings is 2. The number of amides is 1. The number of halogens is 1. The van der Waals surface area contributed by atoms with Gasteiger partial charge in [0, 0.05) is 11.1 Å². The number of carbonyl (C=O) groups is 1. The van der Waals surface area contributed by atoms with Gasteiger partial charge in [-0.1, -0.05) is 35.9 Å². The molecular weight excluding hydrogens is 352 g/mol. The number of fused-ring (bicyclic) bond motifs is 1. The van der Waals surface area contributed by atoms with Crippen LogP contribution in [0.4, 0.5) is 0 Å². The van der Waals surface area contributed by atoms with Gasteiger partial charge in [0.1, 0.15) is 12.7 Å². The highest BCUT2D eigenvalue weighted by molar-refractivity contribution is 6.30. The molecule has 6 heteroatoms. The van der Waals surface area contributed by atoms with Crippen molar-refractivity contribution in [2.75, 3.05) is 13.2 Å². The van der Waals surface area contributed by atoms with Crippen LogP contribution in [0.15, 0.2) is 48.5 Å². The molecule has 0 radical (unpaired) electrons. The summed E-state index contributed by atoms with van der Waals surface area (Å²) in [5.41, 5.74) is 1.04. The van der Waals surface area contributed by atoms with E-state index in [0.29, 0.717) is 23.9 Å². The molecule has 0 saturated heterocycles. The minimum absolute atomic E-state index is 0.00981. The first-order valence-corrected chi connectivity index (χ1v) is 9.08. The molecule has 3 rings (SSSR count). The van der Waals surface area contributed by atoms with E-state index in [-0.39, 0.29) is 24.1 Å². The normalized spacial score (nSPS) is 18.0. The summed E-state index contributed by atoms with van der Waals surface area (Å²) in [4.78, 5) is 12.4. The molecule has 1 amide bonds. The molecule has 2 N–H and O–H groups in total. The van der Waals surface area contributed by atoms with Crippen molar-refractivity contribution in [2.45, 2.75) is 32.0 Å². The lowest BCUT2D eigenvalue weighted by atomic mass is 10.1. The number of rotatable bonds is 6. The van der Waals surface area contributed by atoms with Gasteiger partial charge >= 0.3 is 0 Å². The van der Waals surface area contributed by atoms with Gasteiger partial charge in [0.05, 0.1) is 12.6 Å². The minimum Gasteiger partial charge on any atom is -0.486 e. The minimum atomic E-state index is -0.347. The Kier molecular flexibility index (Phi) is 6.01. The van der Waals surface area contributed by atoms with Crippen LogP contribution in [0.1, 0.15) is 25.5 Å². The van der Waals surface area contributed by atoms with Crippen molar-refractivity contribution in [3.63, 3.8) is 0 Å². The van der Waals surface area contributed by atoms with Gasteiger partial charge in [-0.05, 0) is 43.7 Å². The van der Waals surface area contributed by atoms with Crippen LogP contribution in [0.2, 0.25) is 5.02 Å². The van der Waals surface area contributed by atoms with Crippen LogP contribution in [0.5, 0.6) is 11.5 Å². The van der Waals surface area contributed by atoms with Gasteiger partial charge in [0.25, 0.3) is 0 Å². The Morgan fingerprint density at radius 2 is 1.96 bits per heavy atom. The molecule has 2 aromatic carbocycles. The van der Waals surface area contributed by atoms with E-state index in [1.54, 1.807) is 0 Å². The van der Waals surface area contributed by atoms with Crippen LogP contribution in [0.25, 0.3) is 0 Å². The quantitative estimate of drug-likeness (QED) is 0.814. The molecular formula is C20H23ClN2O3. The lowest BCUT2D eigenvalue weighted by Crippen LogP contribution is -2.47. The lowest BCUT2D eigenvalue weighted by Gasteiger charge is -2.27. The highest BCUT2D eigenvalue weighted by Gasteiger charge is 2.22. The van der Waals surface area contributed by atoms with Crippen LogP contribution < -0.4 is 20.1 Å². The predicted molar refractivity (Wildman–Crippen MR) is 102 cm³/mol. The molecule has 0 saturated carbocycles. The molecule has 2 aromatic rings. The molecule has 1 aliphatic heterocycles. The third-order valence-corrected chi connectivity index (χ3v) is 4.55. The van der Waals surface area contributed by atoms with Crippen LogP contribution >= 0.6 is 11.6 Å². The van der Waals surface area contributed by atoms with Crippen molar-refractivity contribution in [1.29, 1.82) is 0 Å². The summed E-state index contributed by atoms with van der Waals surface area (Å²) < 4.78 is 11.5. The molecule has 138 valence electrons. The van der Waals surface area contributed by atoms with E-state index in [9.17, 15) is 4.79 Å². The second-order valence-electron chi connectivity index (χ2n) is 6.41. The fourth-order valence-corrected chi connectivity index (χ4v) is 3.05. The lowest BCUT2D eigenvalue weighted by molar-refractivity contribution is -0.123. The molecule has 1 heterocycles. The number of para-hydroxylation sites is 2. The van der Waals surface area contributed by atoms with E-state index in [4.69, 9.17) is 21.1 Å². The van der Waals surface area contributed by atoms with E-state index < -0.39 is 0 Å². The van der Waals surface area contributed by atoms with Crippen LogP contribution in [-0.2, 0) is 4.79 Å². The van der Waals surface area contributed by atoms with Gasteiger partial charge < -0.3 is 14.8 Å². The summed E-state index contributed by atoms with van der Waals surface area (Å²) in [6, 6.07) is 14.8. The third kappa shape index (κ3) is 4.68. The zero-order valence-electron chi connectivity index (χ0n) is 14.9. The maximum Gasteiger partial charge on any atom is 0.236 e. The summed E-state index contributed by atoms with van der Waals surface area (Å²) >= 11 is 6.03. The summed E-state index contributed by atoms with van der Waals surface area (Å²) in [6.07, 6.45) is -0.202. The fraction of sp³-hybridized carbons (Fsp3) is 0.350. The maximum atomic E-state index is 12.4. The number of hydrogen-bond acceptors (Lipinski definition) is 4. The maximum absolute atomic E-state index is 12.4. The van der Waals surface area contributed by atoms with Crippen LogP contribution in [-0.4, -0.2) is 31.2 Å². The molecule has 0 bridgehead atoms. The van der Waals surface area contributed by atoms with E-state index in [2.05, 4.69) is 10.6 Å². The van der Waals surface area contributed by atoms with E-state index >= 15 is 0 Å². The highest BCUT2D eigenvalue weighted by atomic mass is 35.5. The fourth-order valence-electron chi connectivity index (χ4n) is 2.85. The van der Waals surface area contributed by atoms with Crippen molar-refractivity contribution < 1.29 is 14.3 Å². The first kappa shape index (κ1) is 18.5. The SMILES string of the molecule is CC(NC(C)c1cccc(Cl)c1)C(=O)NCC1COc2ccccc2O1. The smallest absolute Gasteiger partial charge is 0.236 e. The average molecular weight is 375 g/mol. The molecule has 0 fully saturated rings. The summed E-state index contributed by atoms with van der Waals surface area (Å²) in [6.45, 7) is 4.65.